The minimum Gasteiger partial charge on any atom is -0.493 e. The topological polar surface area (TPSA) is 68.8 Å². The maximum atomic E-state index is 12.5. The zero-order chi connectivity index (χ0) is 19.5. The Kier molecular flexibility index (Phi) is 8.54. The van der Waals surface area contributed by atoms with Crippen LogP contribution in [-0.4, -0.2) is 37.4 Å². The van der Waals surface area contributed by atoms with E-state index in [2.05, 4.69) is 10.6 Å². The molecule has 144 valence electrons. The number of thiocarbonyl (C=S) groups is 1. The van der Waals surface area contributed by atoms with Gasteiger partial charge in [0.15, 0.2) is 5.11 Å². The van der Waals surface area contributed by atoms with Crippen molar-refractivity contribution in [2.45, 2.75) is 13.8 Å². The van der Waals surface area contributed by atoms with Crippen LogP contribution in [0.2, 0.25) is 0 Å². The molecule has 0 aliphatic rings. The molecule has 0 aromatic heterocycles. The first-order valence-electron chi connectivity index (χ1n) is 8.79. The van der Waals surface area contributed by atoms with Crippen LogP contribution in [0.25, 0.3) is 0 Å². The number of rotatable bonds is 9. The fourth-order valence-corrected chi connectivity index (χ4v) is 2.51. The summed E-state index contributed by atoms with van der Waals surface area (Å²) in [5.41, 5.74) is 1.09. The van der Waals surface area contributed by atoms with Gasteiger partial charge in [0.1, 0.15) is 18.1 Å². The Balaban J connectivity index is 1.99. The second-order valence-electron chi connectivity index (χ2n) is 5.38. The first kappa shape index (κ1) is 20.7. The van der Waals surface area contributed by atoms with Gasteiger partial charge in [0, 0.05) is 6.61 Å². The summed E-state index contributed by atoms with van der Waals surface area (Å²) in [5, 5.41) is 5.84. The fraction of sp³-hybridized carbons (Fsp3) is 0.300. The van der Waals surface area contributed by atoms with Crippen LogP contribution in [0.3, 0.4) is 0 Å². The van der Waals surface area contributed by atoms with Crippen LogP contribution in [0.1, 0.15) is 24.2 Å². The molecule has 2 aromatic rings. The van der Waals surface area contributed by atoms with E-state index in [9.17, 15) is 4.79 Å². The molecular weight excluding hydrogens is 364 g/mol. The smallest absolute Gasteiger partial charge is 0.261 e. The van der Waals surface area contributed by atoms with Crippen molar-refractivity contribution in [1.29, 1.82) is 0 Å². The lowest BCUT2D eigenvalue weighted by atomic mass is 10.2. The Hall–Kier alpha value is -2.64. The van der Waals surface area contributed by atoms with E-state index in [1.54, 1.807) is 18.2 Å². The Bertz CT molecular complexity index is 767. The molecule has 0 fully saturated rings. The maximum Gasteiger partial charge on any atom is 0.261 e. The van der Waals surface area contributed by atoms with Crippen molar-refractivity contribution in [3.63, 3.8) is 0 Å². The third kappa shape index (κ3) is 6.54. The van der Waals surface area contributed by atoms with Gasteiger partial charge in [-0.3, -0.25) is 10.1 Å². The largest absolute Gasteiger partial charge is 0.493 e. The number of carbonyl (C=O) groups excluding carboxylic acids is 1. The predicted molar refractivity (Wildman–Crippen MR) is 110 cm³/mol. The summed E-state index contributed by atoms with van der Waals surface area (Å²) in [7, 11) is 0. The Morgan fingerprint density at radius 3 is 2.37 bits per heavy atom. The van der Waals surface area contributed by atoms with Crippen LogP contribution >= 0.6 is 12.2 Å². The van der Waals surface area contributed by atoms with E-state index in [1.807, 2.05) is 44.2 Å². The number of anilines is 1. The number of hydrogen-bond acceptors (Lipinski definition) is 5. The van der Waals surface area contributed by atoms with E-state index in [0.29, 0.717) is 49.2 Å². The summed E-state index contributed by atoms with van der Waals surface area (Å²) in [5.74, 6) is 0.801. The van der Waals surface area contributed by atoms with Gasteiger partial charge in [-0.25, -0.2) is 0 Å². The number of ether oxygens (including phenoxy) is 3. The Labute approximate surface area is 164 Å². The molecule has 0 heterocycles. The average Bonchev–Trinajstić information content (AvgIpc) is 2.67. The molecule has 0 atom stereocenters. The molecule has 0 aliphatic carbocycles. The predicted octanol–water partition coefficient (Wildman–Crippen LogP) is 3.63. The molecule has 6 nitrogen and oxygen atoms in total. The van der Waals surface area contributed by atoms with Gasteiger partial charge < -0.3 is 19.5 Å². The lowest BCUT2D eigenvalue weighted by Crippen LogP contribution is -2.34. The molecule has 0 saturated carbocycles. The molecule has 0 unspecified atom stereocenters. The highest BCUT2D eigenvalue weighted by molar-refractivity contribution is 7.80. The van der Waals surface area contributed by atoms with Crippen molar-refractivity contribution < 1.29 is 19.0 Å². The van der Waals surface area contributed by atoms with E-state index in [0.717, 1.165) is 0 Å². The van der Waals surface area contributed by atoms with Crippen molar-refractivity contribution in [3.8, 4) is 11.5 Å². The molecule has 0 spiro atoms. The lowest BCUT2D eigenvalue weighted by Gasteiger charge is -2.15. The van der Waals surface area contributed by atoms with Gasteiger partial charge in [-0.1, -0.05) is 24.3 Å². The first-order valence-corrected chi connectivity index (χ1v) is 9.20. The third-order valence-electron chi connectivity index (χ3n) is 3.48. The molecule has 27 heavy (non-hydrogen) atoms. The zero-order valence-corrected chi connectivity index (χ0v) is 16.3. The summed E-state index contributed by atoms with van der Waals surface area (Å²) < 4.78 is 16.5. The Morgan fingerprint density at radius 1 is 0.926 bits per heavy atom. The van der Waals surface area contributed by atoms with Crippen molar-refractivity contribution in [2.24, 2.45) is 0 Å². The first-order chi connectivity index (χ1) is 13.2. The van der Waals surface area contributed by atoms with Gasteiger partial charge in [-0.05, 0) is 50.3 Å². The number of hydrogen-bond donors (Lipinski definition) is 2. The zero-order valence-electron chi connectivity index (χ0n) is 15.5. The highest BCUT2D eigenvalue weighted by Gasteiger charge is 2.14. The summed E-state index contributed by atoms with van der Waals surface area (Å²) in [6.45, 7) is 5.83. The van der Waals surface area contributed by atoms with Gasteiger partial charge in [0.2, 0.25) is 0 Å². The van der Waals surface area contributed by atoms with Crippen LogP contribution < -0.4 is 20.1 Å². The number of amides is 1. The van der Waals surface area contributed by atoms with E-state index < -0.39 is 0 Å². The van der Waals surface area contributed by atoms with Crippen molar-refractivity contribution in [2.75, 3.05) is 31.7 Å². The SMILES string of the molecule is CCOCCOc1ccccc1NC(=S)NC(=O)c1ccccc1OCC. The van der Waals surface area contributed by atoms with Gasteiger partial charge in [-0.2, -0.15) is 0 Å². The molecule has 2 N–H and O–H groups in total. The van der Waals surface area contributed by atoms with Crippen molar-refractivity contribution in [3.05, 3.63) is 54.1 Å². The summed E-state index contributed by atoms with van der Waals surface area (Å²) >= 11 is 5.27. The minimum atomic E-state index is -0.341. The number of para-hydroxylation sites is 3. The van der Waals surface area contributed by atoms with E-state index in [-0.39, 0.29) is 11.0 Å². The monoisotopic (exact) mass is 388 g/mol. The van der Waals surface area contributed by atoms with E-state index >= 15 is 0 Å². The lowest BCUT2D eigenvalue weighted by molar-refractivity contribution is 0.0974. The van der Waals surface area contributed by atoms with Crippen LogP contribution in [0.5, 0.6) is 11.5 Å². The van der Waals surface area contributed by atoms with Gasteiger partial charge >= 0.3 is 0 Å². The highest BCUT2D eigenvalue weighted by atomic mass is 32.1. The van der Waals surface area contributed by atoms with Crippen molar-refractivity contribution in [1.82, 2.24) is 5.32 Å². The molecule has 0 radical (unpaired) electrons. The second-order valence-corrected chi connectivity index (χ2v) is 5.79. The average molecular weight is 388 g/mol. The maximum absolute atomic E-state index is 12.5. The Morgan fingerprint density at radius 2 is 1.63 bits per heavy atom. The van der Waals surface area contributed by atoms with Gasteiger partial charge in [-0.15, -0.1) is 0 Å². The van der Waals surface area contributed by atoms with E-state index in [1.165, 1.54) is 0 Å². The van der Waals surface area contributed by atoms with Crippen LogP contribution in [-0.2, 0) is 4.74 Å². The van der Waals surface area contributed by atoms with E-state index in [4.69, 9.17) is 26.4 Å². The minimum absolute atomic E-state index is 0.173. The second kappa shape index (κ2) is 11.2. The normalized spacial score (nSPS) is 10.1. The molecule has 2 rings (SSSR count). The van der Waals surface area contributed by atoms with Crippen LogP contribution in [0, 0.1) is 0 Å². The summed E-state index contributed by atoms with van der Waals surface area (Å²) in [4.78, 5) is 12.5. The number of nitrogens with one attached hydrogen (secondary N) is 2. The fourth-order valence-electron chi connectivity index (χ4n) is 2.31. The van der Waals surface area contributed by atoms with Crippen LogP contribution in [0.4, 0.5) is 5.69 Å². The van der Waals surface area contributed by atoms with Crippen molar-refractivity contribution >= 4 is 28.9 Å². The third-order valence-corrected chi connectivity index (χ3v) is 3.69. The molecule has 0 saturated heterocycles. The quantitative estimate of drug-likeness (QED) is 0.505. The highest BCUT2D eigenvalue weighted by Crippen LogP contribution is 2.24. The van der Waals surface area contributed by atoms with Gasteiger partial charge in [0.05, 0.1) is 24.5 Å². The molecule has 1 amide bonds. The number of benzene rings is 2. The molecule has 2 aromatic carbocycles. The molecular formula is C20H24N2O4S. The summed E-state index contributed by atoms with van der Waals surface area (Å²) in [6.07, 6.45) is 0. The summed E-state index contributed by atoms with van der Waals surface area (Å²) in [6, 6.07) is 14.4. The number of carbonyl (C=O) groups is 1. The molecule has 7 heteroatoms. The molecule has 0 bridgehead atoms. The van der Waals surface area contributed by atoms with Gasteiger partial charge in [0.25, 0.3) is 5.91 Å². The van der Waals surface area contributed by atoms with Crippen LogP contribution in [0.15, 0.2) is 48.5 Å². The molecule has 0 aliphatic heterocycles. The standard InChI is InChI=1S/C20H24N2O4S/c1-3-24-13-14-26-18-12-8-6-10-16(18)21-20(27)22-19(23)15-9-5-7-11-17(15)25-4-2/h5-12H,3-4,13-14H2,1-2H3,(H2,21,22,23,27).